The van der Waals surface area contributed by atoms with Crippen molar-refractivity contribution in [1.29, 1.82) is 0 Å². The predicted octanol–water partition coefficient (Wildman–Crippen LogP) is 1.47. The Hall–Kier alpha value is -1.60. The number of benzene rings is 1. The molecule has 0 saturated heterocycles. The minimum absolute atomic E-state index is 0.111. The molecule has 7 heteroatoms. The van der Waals surface area contributed by atoms with Crippen LogP contribution < -0.4 is 9.46 Å². The van der Waals surface area contributed by atoms with Crippen molar-refractivity contribution in [3.05, 3.63) is 23.8 Å². The number of methoxy groups -OCH3 is 1. The average Bonchev–Trinajstić information content (AvgIpc) is 2.24. The number of hydrogen-bond donors (Lipinski definition) is 2. The fraction of sp³-hybridized carbons (Fsp3) is 0.417. The highest BCUT2D eigenvalue weighted by Gasteiger charge is 2.24. The van der Waals surface area contributed by atoms with Crippen LogP contribution in [0.3, 0.4) is 0 Å². The van der Waals surface area contributed by atoms with Crippen molar-refractivity contribution in [2.24, 2.45) is 0 Å². The third-order valence-electron chi connectivity index (χ3n) is 2.15. The van der Waals surface area contributed by atoms with Crippen LogP contribution in [0.25, 0.3) is 0 Å². The van der Waals surface area contributed by atoms with Crippen molar-refractivity contribution in [3.8, 4) is 5.75 Å². The fourth-order valence-corrected chi connectivity index (χ4v) is 2.93. The van der Waals surface area contributed by atoms with E-state index in [1.165, 1.54) is 19.2 Å². The molecule has 106 valence electrons. The molecule has 1 rings (SSSR count). The molecule has 0 spiro atoms. The number of nitrogens with one attached hydrogen (secondary N) is 1. The zero-order valence-corrected chi connectivity index (χ0v) is 12.0. The Bertz CT molecular complexity index is 587. The van der Waals surface area contributed by atoms with E-state index in [4.69, 9.17) is 9.84 Å². The van der Waals surface area contributed by atoms with E-state index in [1.54, 1.807) is 20.8 Å². The number of carboxylic acids is 1. The molecule has 19 heavy (non-hydrogen) atoms. The molecular weight excluding hydrogens is 270 g/mol. The summed E-state index contributed by atoms with van der Waals surface area (Å²) < 4.78 is 31.5. The molecule has 0 heterocycles. The second kappa shape index (κ2) is 5.18. The molecule has 0 bridgehead atoms. The summed E-state index contributed by atoms with van der Waals surface area (Å²) in [5, 5.41) is 9.02. The van der Waals surface area contributed by atoms with Crippen molar-refractivity contribution < 1.29 is 23.1 Å². The van der Waals surface area contributed by atoms with Gasteiger partial charge in [0, 0.05) is 5.54 Å². The number of hydrogen-bond acceptors (Lipinski definition) is 4. The first-order valence-corrected chi connectivity index (χ1v) is 7.00. The molecule has 0 amide bonds. The molecule has 0 aliphatic carbocycles. The van der Waals surface area contributed by atoms with Crippen LogP contribution in [-0.4, -0.2) is 32.1 Å². The Morgan fingerprint density at radius 1 is 1.32 bits per heavy atom. The maximum atomic E-state index is 12.1. The molecule has 1 aromatic carbocycles. The van der Waals surface area contributed by atoms with Crippen molar-refractivity contribution in [2.45, 2.75) is 31.2 Å². The molecule has 0 atom stereocenters. The molecule has 0 unspecified atom stereocenters. The van der Waals surface area contributed by atoms with E-state index in [0.717, 1.165) is 6.07 Å². The average molecular weight is 287 g/mol. The van der Waals surface area contributed by atoms with Crippen molar-refractivity contribution in [2.75, 3.05) is 7.11 Å². The summed E-state index contributed by atoms with van der Waals surface area (Å²) in [7, 11) is -2.45. The molecule has 0 fully saturated rings. The topological polar surface area (TPSA) is 92.7 Å². The number of carboxylic acid groups (broad SMARTS) is 1. The molecule has 0 aliphatic heterocycles. The van der Waals surface area contributed by atoms with Gasteiger partial charge < -0.3 is 9.84 Å². The van der Waals surface area contributed by atoms with E-state index in [0.29, 0.717) is 0 Å². The zero-order valence-electron chi connectivity index (χ0n) is 11.2. The lowest BCUT2D eigenvalue weighted by atomic mass is 10.1. The lowest BCUT2D eigenvalue weighted by Crippen LogP contribution is -2.40. The van der Waals surface area contributed by atoms with Gasteiger partial charge in [-0.25, -0.2) is 17.9 Å². The van der Waals surface area contributed by atoms with Gasteiger partial charge in [-0.15, -0.1) is 0 Å². The van der Waals surface area contributed by atoms with Gasteiger partial charge >= 0.3 is 5.97 Å². The molecule has 0 saturated carbocycles. The van der Waals surface area contributed by atoms with Gasteiger partial charge in [0.1, 0.15) is 11.3 Å². The maximum absolute atomic E-state index is 12.1. The highest BCUT2D eigenvalue weighted by molar-refractivity contribution is 7.89. The zero-order chi connectivity index (χ0) is 14.8. The monoisotopic (exact) mass is 287 g/mol. The summed E-state index contributed by atoms with van der Waals surface area (Å²) >= 11 is 0. The minimum Gasteiger partial charge on any atom is -0.496 e. The lowest BCUT2D eigenvalue weighted by molar-refractivity contribution is 0.0693. The summed E-state index contributed by atoms with van der Waals surface area (Å²) in [6.45, 7) is 5.10. The number of ether oxygens (including phenoxy) is 1. The Labute approximate surface area is 112 Å². The van der Waals surface area contributed by atoms with Crippen molar-refractivity contribution in [1.82, 2.24) is 4.72 Å². The summed E-state index contributed by atoms with van der Waals surface area (Å²) in [4.78, 5) is 10.9. The summed E-state index contributed by atoms with van der Waals surface area (Å²) in [5.41, 5.74) is -0.846. The lowest BCUT2D eigenvalue weighted by Gasteiger charge is -2.20. The Kier molecular flexibility index (Phi) is 4.21. The van der Waals surface area contributed by atoms with Crippen LogP contribution >= 0.6 is 0 Å². The quantitative estimate of drug-likeness (QED) is 0.874. The molecular formula is C12H17NO5S. The number of aromatic carboxylic acids is 1. The maximum Gasteiger partial charge on any atom is 0.339 e. The van der Waals surface area contributed by atoms with Gasteiger partial charge in [-0.2, -0.15) is 0 Å². The predicted molar refractivity (Wildman–Crippen MR) is 70.0 cm³/mol. The minimum atomic E-state index is -3.77. The van der Waals surface area contributed by atoms with E-state index in [9.17, 15) is 13.2 Å². The molecule has 6 nitrogen and oxygen atoms in total. The first-order chi connectivity index (χ1) is 8.57. The molecule has 0 aromatic heterocycles. The fourth-order valence-electron chi connectivity index (χ4n) is 1.48. The van der Waals surface area contributed by atoms with Gasteiger partial charge in [-0.1, -0.05) is 0 Å². The van der Waals surface area contributed by atoms with E-state index in [-0.39, 0.29) is 16.2 Å². The van der Waals surface area contributed by atoms with Crippen LogP contribution in [0.5, 0.6) is 5.75 Å². The highest BCUT2D eigenvalue weighted by Crippen LogP contribution is 2.23. The Morgan fingerprint density at radius 3 is 2.32 bits per heavy atom. The standard InChI is InChI=1S/C12H17NO5S/c1-12(2,3)13-19(16,17)8-5-6-10(18-4)9(7-8)11(14)15/h5-7,13H,1-4H3,(H,14,15). The summed E-state index contributed by atoms with van der Waals surface area (Å²) in [5.74, 6) is -1.13. The summed E-state index contributed by atoms with van der Waals surface area (Å²) in [6.07, 6.45) is 0. The first-order valence-electron chi connectivity index (χ1n) is 5.52. The van der Waals surface area contributed by atoms with Gasteiger partial charge in [0.25, 0.3) is 0 Å². The third kappa shape index (κ3) is 3.93. The van der Waals surface area contributed by atoms with E-state index in [2.05, 4.69) is 4.72 Å². The largest absolute Gasteiger partial charge is 0.496 e. The van der Waals surface area contributed by atoms with E-state index < -0.39 is 21.5 Å². The van der Waals surface area contributed by atoms with Crippen LogP contribution in [-0.2, 0) is 10.0 Å². The van der Waals surface area contributed by atoms with Crippen molar-refractivity contribution >= 4 is 16.0 Å². The van der Waals surface area contributed by atoms with Crippen LogP contribution in [0, 0.1) is 0 Å². The third-order valence-corrected chi connectivity index (χ3v) is 3.91. The molecule has 2 N–H and O–H groups in total. The van der Waals surface area contributed by atoms with Gasteiger partial charge in [0.2, 0.25) is 10.0 Å². The first kappa shape index (κ1) is 15.5. The molecule has 0 radical (unpaired) electrons. The van der Waals surface area contributed by atoms with Gasteiger partial charge in [0.05, 0.1) is 12.0 Å². The Balaban J connectivity index is 3.30. The van der Waals surface area contributed by atoms with Crippen LogP contribution in [0.4, 0.5) is 0 Å². The normalized spacial score (nSPS) is 12.2. The number of sulfonamides is 1. The van der Waals surface area contributed by atoms with Crippen LogP contribution in [0.2, 0.25) is 0 Å². The second-order valence-corrected chi connectivity index (χ2v) is 6.71. The van der Waals surface area contributed by atoms with Gasteiger partial charge in [-0.3, -0.25) is 0 Å². The number of rotatable bonds is 4. The highest BCUT2D eigenvalue weighted by atomic mass is 32.2. The van der Waals surface area contributed by atoms with Gasteiger partial charge in [0.15, 0.2) is 0 Å². The SMILES string of the molecule is COc1ccc(S(=O)(=O)NC(C)(C)C)cc1C(=O)O. The summed E-state index contributed by atoms with van der Waals surface area (Å²) in [6, 6.07) is 3.70. The molecule has 1 aromatic rings. The van der Waals surface area contributed by atoms with Gasteiger partial charge in [-0.05, 0) is 39.0 Å². The number of carbonyl (C=O) groups is 1. The second-order valence-electron chi connectivity index (χ2n) is 5.02. The van der Waals surface area contributed by atoms with Crippen LogP contribution in [0.1, 0.15) is 31.1 Å². The van der Waals surface area contributed by atoms with Crippen molar-refractivity contribution in [3.63, 3.8) is 0 Å². The van der Waals surface area contributed by atoms with E-state index in [1.807, 2.05) is 0 Å². The molecule has 0 aliphatic rings. The smallest absolute Gasteiger partial charge is 0.339 e. The Morgan fingerprint density at radius 2 is 1.89 bits per heavy atom. The van der Waals surface area contributed by atoms with E-state index >= 15 is 0 Å². The van der Waals surface area contributed by atoms with Crippen LogP contribution in [0.15, 0.2) is 23.1 Å².